The molecule has 6 nitrogen and oxygen atoms in total. The van der Waals surface area contributed by atoms with Crippen LogP contribution in [-0.4, -0.2) is 33.8 Å². The molecule has 0 aromatic heterocycles. The first kappa shape index (κ1) is 16.5. The molecule has 1 aromatic carbocycles. The number of carbonyl (C=O) groups excluding carboxylic acids is 1. The van der Waals surface area contributed by atoms with Gasteiger partial charge in [0, 0.05) is 0 Å². The smallest absolute Gasteiger partial charge is 0.407 e. The molecule has 1 saturated heterocycles. The molecule has 1 atom stereocenters. The van der Waals surface area contributed by atoms with Gasteiger partial charge in [-0.3, -0.25) is 4.18 Å². The van der Waals surface area contributed by atoms with Gasteiger partial charge in [0.05, 0.1) is 17.5 Å². The van der Waals surface area contributed by atoms with Crippen LogP contribution in [0.4, 0.5) is 4.79 Å². The average Bonchev–Trinajstić information content (AvgIpc) is 2.85. The summed E-state index contributed by atoms with van der Waals surface area (Å²) in [6, 6.07) is 5.91. The number of hydrogen-bond acceptors (Lipinski definition) is 5. The summed E-state index contributed by atoms with van der Waals surface area (Å²) in [5.41, 5.74) is 0.963. The fraction of sp³-hybridized carbons (Fsp3) is 0.462. The third-order valence-corrected chi connectivity index (χ3v) is 3.77. The summed E-state index contributed by atoms with van der Waals surface area (Å²) in [6.07, 6.45) is -0.559. The van der Waals surface area contributed by atoms with E-state index in [1.165, 1.54) is 12.1 Å². The Kier molecular flexibility index (Phi) is 5.97. The van der Waals surface area contributed by atoms with Crippen molar-refractivity contribution >= 4 is 16.2 Å². The van der Waals surface area contributed by atoms with Crippen molar-refractivity contribution in [3.63, 3.8) is 0 Å². The van der Waals surface area contributed by atoms with Gasteiger partial charge in [-0.15, -0.1) is 0 Å². The summed E-state index contributed by atoms with van der Waals surface area (Å²) in [6.45, 7) is 5.84. The lowest BCUT2D eigenvalue weighted by Crippen LogP contribution is -2.31. The van der Waals surface area contributed by atoms with Crippen LogP contribution in [-0.2, 0) is 19.0 Å². The highest BCUT2D eigenvalue weighted by molar-refractivity contribution is 7.86. The molecule has 0 radical (unpaired) electrons. The lowest BCUT2D eigenvalue weighted by molar-refractivity contribution is 0.174. The van der Waals surface area contributed by atoms with Crippen molar-refractivity contribution in [3.8, 4) is 0 Å². The van der Waals surface area contributed by atoms with Crippen LogP contribution in [0.25, 0.3) is 0 Å². The zero-order valence-corrected chi connectivity index (χ0v) is 12.6. The van der Waals surface area contributed by atoms with E-state index in [-0.39, 0.29) is 18.1 Å². The normalized spacial score (nSPS) is 17.8. The summed E-state index contributed by atoms with van der Waals surface area (Å²) in [5.74, 6) is 0. The molecule has 7 heteroatoms. The minimum atomic E-state index is -3.79. The van der Waals surface area contributed by atoms with Crippen LogP contribution >= 0.6 is 0 Å². The molecule has 0 bridgehead atoms. The summed E-state index contributed by atoms with van der Waals surface area (Å²) < 4.78 is 33.1. The molecule has 1 aliphatic rings. The van der Waals surface area contributed by atoms with Gasteiger partial charge >= 0.3 is 6.09 Å². The van der Waals surface area contributed by atoms with Crippen molar-refractivity contribution < 1.29 is 22.1 Å². The fourth-order valence-electron chi connectivity index (χ4n) is 1.46. The first-order valence-corrected chi connectivity index (χ1v) is 7.77. The maximum atomic E-state index is 11.8. The number of cyclic esters (lactones) is 1. The first-order chi connectivity index (χ1) is 9.47. The van der Waals surface area contributed by atoms with Gasteiger partial charge in [0.15, 0.2) is 0 Å². The topological polar surface area (TPSA) is 81.7 Å². The molecule has 1 heterocycles. The predicted molar refractivity (Wildman–Crippen MR) is 73.9 cm³/mol. The van der Waals surface area contributed by atoms with Gasteiger partial charge in [-0.2, -0.15) is 8.42 Å². The number of ether oxygens (including phenoxy) is 1. The summed E-state index contributed by atoms with van der Waals surface area (Å²) in [4.78, 5) is 10.8. The van der Waals surface area contributed by atoms with E-state index in [0.29, 0.717) is 0 Å². The number of alkyl carbamates (subject to hydrolysis) is 1. The third-order valence-electron chi connectivity index (χ3n) is 2.47. The Morgan fingerprint density at radius 1 is 1.30 bits per heavy atom. The van der Waals surface area contributed by atoms with Crippen LogP contribution in [0.5, 0.6) is 0 Å². The Morgan fingerprint density at radius 3 is 2.40 bits per heavy atom. The minimum Gasteiger partial charge on any atom is -0.447 e. The SMILES string of the molecule is CC.Cc1ccc(S(=O)(=O)OCC2COC(=O)N2)cc1. The van der Waals surface area contributed by atoms with Crippen LogP contribution in [0.3, 0.4) is 0 Å². The Labute approximate surface area is 119 Å². The number of carbonyl (C=O) groups is 1. The van der Waals surface area contributed by atoms with E-state index in [9.17, 15) is 13.2 Å². The van der Waals surface area contributed by atoms with Crippen molar-refractivity contribution in [2.75, 3.05) is 13.2 Å². The molecule has 112 valence electrons. The van der Waals surface area contributed by atoms with Crippen molar-refractivity contribution in [2.45, 2.75) is 31.7 Å². The van der Waals surface area contributed by atoms with Crippen LogP contribution in [0.2, 0.25) is 0 Å². The van der Waals surface area contributed by atoms with E-state index >= 15 is 0 Å². The van der Waals surface area contributed by atoms with Crippen molar-refractivity contribution in [1.82, 2.24) is 5.32 Å². The van der Waals surface area contributed by atoms with Gasteiger partial charge in [0.1, 0.15) is 6.61 Å². The Hall–Kier alpha value is -1.60. The molecule has 1 amide bonds. The summed E-state index contributed by atoms with van der Waals surface area (Å²) >= 11 is 0. The number of nitrogens with one attached hydrogen (secondary N) is 1. The molecule has 1 N–H and O–H groups in total. The maximum absolute atomic E-state index is 11.8. The maximum Gasteiger partial charge on any atom is 0.407 e. The van der Waals surface area contributed by atoms with E-state index in [0.717, 1.165) is 5.56 Å². The standard InChI is InChI=1S/C11H13NO5S.C2H6/c1-8-2-4-10(5-3-8)18(14,15)17-7-9-6-16-11(13)12-9;1-2/h2-5,9H,6-7H2,1H3,(H,12,13);1-2H3. The molecule has 20 heavy (non-hydrogen) atoms. The number of amides is 1. The van der Waals surface area contributed by atoms with E-state index < -0.39 is 22.3 Å². The highest BCUT2D eigenvalue weighted by Crippen LogP contribution is 2.14. The molecule has 0 saturated carbocycles. The molecule has 1 unspecified atom stereocenters. The largest absolute Gasteiger partial charge is 0.447 e. The van der Waals surface area contributed by atoms with Crippen LogP contribution in [0, 0.1) is 6.92 Å². The second-order valence-corrected chi connectivity index (χ2v) is 5.61. The molecule has 1 aromatic rings. The highest BCUT2D eigenvalue weighted by atomic mass is 32.2. The number of hydrogen-bond donors (Lipinski definition) is 1. The number of rotatable bonds is 4. The third kappa shape index (κ3) is 4.50. The molecule has 2 rings (SSSR count). The second-order valence-electron chi connectivity index (χ2n) is 3.99. The van der Waals surface area contributed by atoms with Gasteiger partial charge in [0.25, 0.3) is 10.1 Å². The van der Waals surface area contributed by atoms with Crippen LogP contribution in [0.15, 0.2) is 29.2 Å². The minimum absolute atomic E-state index is 0.0957. The van der Waals surface area contributed by atoms with E-state index in [1.807, 2.05) is 20.8 Å². The predicted octanol–water partition coefficient (Wildman–Crippen LogP) is 1.83. The molecular formula is C13H19NO5S. The Balaban J connectivity index is 0.000000956. The first-order valence-electron chi connectivity index (χ1n) is 6.37. The average molecular weight is 301 g/mol. The molecule has 1 fully saturated rings. The zero-order valence-electron chi connectivity index (χ0n) is 11.8. The summed E-state index contributed by atoms with van der Waals surface area (Å²) in [7, 11) is -3.79. The van der Waals surface area contributed by atoms with Gasteiger partial charge in [-0.05, 0) is 19.1 Å². The number of benzene rings is 1. The Morgan fingerprint density at radius 2 is 1.90 bits per heavy atom. The fourth-order valence-corrected chi connectivity index (χ4v) is 2.41. The van der Waals surface area contributed by atoms with Crippen LogP contribution < -0.4 is 5.32 Å². The van der Waals surface area contributed by atoms with Gasteiger partial charge in [0.2, 0.25) is 0 Å². The molecule has 0 aliphatic carbocycles. The Bertz CT molecular complexity index is 538. The lowest BCUT2D eigenvalue weighted by atomic mass is 10.2. The van der Waals surface area contributed by atoms with Gasteiger partial charge < -0.3 is 10.1 Å². The van der Waals surface area contributed by atoms with Crippen LogP contribution in [0.1, 0.15) is 19.4 Å². The number of aryl methyl sites for hydroxylation is 1. The molecule has 0 spiro atoms. The summed E-state index contributed by atoms with van der Waals surface area (Å²) in [5, 5.41) is 2.44. The van der Waals surface area contributed by atoms with Gasteiger partial charge in [-0.25, -0.2) is 4.79 Å². The van der Waals surface area contributed by atoms with Crippen molar-refractivity contribution in [1.29, 1.82) is 0 Å². The zero-order chi connectivity index (χ0) is 15.2. The molecule has 1 aliphatic heterocycles. The van der Waals surface area contributed by atoms with Crippen molar-refractivity contribution in [2.24, 2.45) is 0 Å². The lowest BCUT2D eigenvalue weighted by Gasteiger charge is -2.09. The van der Waals surface area contributed by atoms with Gasteiger partial charge in [-0.1, -0.05) is 31.5 Å². The second kappa shape index (κ2) is 7.25. The van der Waals surface area contributed by atoms with E-state index in [1.54, 1.807) is 12.1 Å². The monoisotopic (exact) mass is 301 g/mol. The van der Waals surface area contributed by atoms with Crippen molar-refractivity contribution in [3.05, 3.63) is 29.8 Å². The van der Waals surface area contributed by atoms with E-state index in [2.05, 4.69) is 10.1 Å². The molecular weight excluding hydrogens is 282 g/mol. The van der Waals surface area contributed by atoms with E-state index in [4.69, 9.17) is 4.18 Å². The quantitative estimate of drug-likeness (QED) is 0.858. The highest BCUT2D eigenvalue weighted by Gasteiger charge is 2.25.